The van der Waals surface area contributed by atoms with E-state index in [1.807, 2.05) is 24.3 Å². The summed E-state index contributed by atoms with van der Waals surface area (Å²) in [5.41, 5.74) is 6.01. The second-order valence-corrected chi connectivity index (χ2v) is 18.4. The van der Waals surface area contributed by atoms with Gasteiger partial charge in [-0.1, -0.05) is 92.9 Å². The molecule has 2 aliphatic carbocycles. The summed E-state index contributed by atoms with van der Waals surface area (Å²) < 4.78 is 0. The molecule has 56 heavy (non-hydrogen) atoms. The minimum absolute atomic E-state index is 0.0980. The number of rotatable bonds is 16. The molecule has 1 saturated heterocycles. The van der Waals surface area contributed by atoms with Crippen LogP contribution in [0.15, 0.2) is 57.5 Å². The number of aliphatic hydroxyl groups is 1. The van der Waals surface area contributed by atoms with Gasteiger partial charge in [-0.3, -0.25) is 14.4 Å². The van der Waals surface area contributed by atoms with Crippen molar-refractivity contribution >= 4 is 40.3 Å². The number of Topliss-reactive ketones (excluding diaryl/α,β-unsaturated/α-hetero) is 1. The smallest absolute Gasteiger partial charge is 0.246 e. The van der Waals surface area contributed by atoms with Crippen molar-refractivity contribution in [2.24, 2.45) is 10.4 Å². The van der Waals surface area contributed by atoms with Crippen LogP contribution in [0.4, 0.5) is 11.4 Å². The second kappa shape index (κ2) is 17.3. The van der Waals surface area contributed by atoms with E-state index in [2.05, 4.69) is 103 Å². The molecule has 8 heteroatoms. The van der Waals surface area contributed by atoms with Gasteiger partial charge < -0.3 is 20.2 Å². The first-order valence-corrected chi connectivity index (χ1v) is 21.7. The molecule has 0 bridgehead atoms. The molecule has 2 atom stereocenters. The monoisotopic (exact) mass is 767 g/mol. The number of ketones is 1. The van der Waals surface area contributed by atoms with Gasteiger partial charge in [-0.15, -0.1) is 0 Å². The zero-order valence-corrected chi connectivity index (χ0v) is 36.6. The molecule has 4 aliphatic rings. The fourth-order valence-electron chi connectivity index (χ4n) is 9.32. The summed E-state index contributed by atoms with van der Waals surface area (Å²) in [5.74, 6) is -0.749. The number of carbonyl (C=O) groups is 3. The SMILES string of the molecule is CCCCCCCC(=O)N=C1C=C2C(=CC1=C1C(=O)C(c3cc4c(cc3NC(=O)CCCCCCC)N(C(C)C)C(C)C4(C)C)=C1O)C(C)(C)C(C)N2C(C)C. The Bertz CT molecular complexity index is 1870. The highest BCUT2D eigenvalue weighted by Gasteiger charge is 2.49. The number of anilines is 2. The van der Waals surface area contributed by atoms with E-state index in [4.69, 9.17) is 0 Å². The molecule has 2 N–H and O–H groups in total. The van der Waals surface area contributed by atoms with E-state index in [1.165, 1.54) is 0 Å². The maximum Gasteiger partial charge on any atom is 0.246 e. The van der Waals surface area contributed by atoms with E-state index in [1.54, 1.807) is 0 Å². The van der Waals surface area contributed by atoms with Crippen LogP contribution in [0.3, 0.4) is 0 Å². The Hall–Kier alpha value is -3.94. The van der Waals surface area contributed by atoms with Crippen molar-refractivity contribution < 1.29 is 19.5 Å². The van der Waals surface area contributed by atoms with E-state index < -0.39 is 0 Å². The second-order valence-electron chi connectivity index (χ2n) is 18.4. The first-order valence-electron chi connectivity index (χ1n) is 21.7. The summed E-state index contributed by atoms with van der Waals surface area (Å²) in [6, 6.07) is 4.79. The van der Waals surface area contributed by atoms with Crippen LogP contribution in [-0.4, -0.2) is 57.5 Å². The normalized spacial score (nSPS) is 23.2. The number of aliphatic imine (C=N–C) groups is 1. The molecule has 2 heterocycles. The summed E-state index contributed by atoms with van der Waals surface area (Å²) in [6.07, 6.45) is 15.0. The molecular weight excluding hydrogens is 697 g/mol. The number of nitrogens with zero attached hydrogens (tertiary/aromatic N) is 3. The molecule has 0 saturated carbocycles. The molecule has 2 unspecified atom stereocenters. The van der Waals surface area contributed by atoms with Gasteiger partial charge in [0.1, 0.15) is 5.76 Å². The standard InChI is InChI=1S/C48H70N4O4/c1-13-15-17-19-21-23-41(53)49-37-27-39-35(47(9,10)31(7)51(39)29(3)4)25-33(37)43-45(55)44(46(43)56)34-26-36-40(52(30(5)6)32(8)48(36,11)12)28-38(34)50-42(54)24-22-20-18-16-14-2/h25-32,55H,13-24H2,1-12H3,(H,49,53). The van der Waals surface area contributed by atoms with Gasteiger partial charge in [0.25, 0.3) is 0 Å². The third kappa shape index (κ3) is 8.09. The number of hydrogen-bond donors (Lipinski definition) is 2. The van der Waals surface area contributed by atoms with Gasteiger partial charge in [0.05, 0.1) is 22.5 Å². The quantitative estimate of drug-likeness (QED) is 0.128. The zero-order valence-electron chi connectivity index (χ0n) is 36.6. The fraction of sp³-hybridized carbons (Fsp3) is 0.625. The Morgan fingerprint density at radius 1 is 0.786 bits per heavy atom. The van der Waals surface area contributed by atoms with Gasteiger partial charge in [-0.05, 0) is 89.8 Å². The molecule has 1 aromatic carbocycles. The Kier molecular flexibility index (Phi) is 13.3. The van der Waals surface area contributed by atoms with Gasteiger partial charge >= 0.3 is 0 Å². The zero-order chi connectivity index (χ0) is 41.3. The van der Waals surface area contributed by atoms with E-state index in [-0.39, 0.29) is 69.5 Å². The fourth-order valence-corrected chi connectivity index (χ4v) is 9.32. The molecule has 1 fully saturated rings. The van der Waals surface area contributed by atoms with Crippen LogP contribution < -0.4 is 10.2 Å². The lowest BCUT2D eigenvalue weighted by Gasteiger charge is -2.34. The van der Waals surface area contributed by atoms with Crippen molar-refractivity contribution in [2.75, 3.05) is 10.2 Å². The molecule has 0 aromatic heterocycles. The molecule has 5 rings (SSSR count). The first-order chi connectivity index (χ1) is 26.4. The van der Waals surface area contributed by atoms with Crippen LogP contribution in [0, 0.1) is 5.41 Å². The topological polar surface area (TPSA) is 102 Å². The van der Waals surface area contributed by atoms with Crippen molar-refractivity contribution in [1.82, 2.24) is 4.90 Å². The van der Waals surface area contributed by atoms with Gasteiger partial charge in [-0.2, -0.15) is 0 Å². The number of fused-ring (bicyclic) bond motifs is 2. The molecule has 306 valence electrons. The summed E-state index contributed by atoms with van der Waals surface area (Å²) in [4.78, 5) is 51.0. The van der Waals surface area contributed by atoms with Crippen molar-refractivity contribution in [3.63, 3.8) is 0 Å². The number of likely N-dealkylation sites (tertiary alicyclic amines) is 1. The van der Waals surface area contributed by atoms with E-state index in [9.17, 15) is 19.5 Å². The highest BCUT2D eigenvalue weighted by molar-refractivity contribution is 6.42. The minimum Gasteiger partial charge on any atom is -0.506 e. The van der Waals surface area contributed by atoms with Crippen molar-refractivity contribution in [3.8, 4) is 0 Å². The summed E-state index contributed by atoms with van der Waals surface area (Å²) >= 11 is 0. The van der Waals surface area contributed by atoms with Gasteiger partial charge in [0, 0.05) is 70.4 Å². The van der Waals surface area contributed by atoms with E-state index in [0.717, 1.165) is 86.7 Å². The van der Waals surface area contributed by atoms with Gasteiger partial charge in [-0.25, -0.2) is 4.99 Å². The predicted octanol–water partition coefficient (Wildman–Crippen LogP) is 11.3. The Morgan fingerprint density at radius 2 is 1.36 bits per heavy atom. The number of allylic oxidation sites excluding steroid dienone is 6. The Labute approximate surface area is 337 Å². The molecule has 8 nitrogen and oxygen atoms in total. The molecule has 2 amide bonds. The first kappa shape index (κ1) is 43.2. The average molecular weight is 767 g/mol. The van der Waals surface area contributed by atoms with Crippen LogP contribution in [0.25, 0.3) is 5.57 Å². The van der Waals surface area contributed by atoms with Crippen LogP contribution >= 0.6 is 0 Å². The molecule has 0 spiro atoms. The minimum atomic E-state index is -0.310. The van der Waals surface area contributed by atoms with Crippen molar-refractivity contribution in [1.29, 1.82) is 0 Å². The third-order valence-corrected chi connectivity index (χ3v) is 13.2. The number of nitrogens with one attached hydrogen (secondary N) is 1. The lowest BCUT2D eigenvalue weighted by atomic mass is 9.73. The highest BCUT2D eigenvalue weighted by atomic mass is 16.3. The Balaban J connectivity index is 1.64. The Morgan fingerprint density at radius 3 is 1.93 bits per heavy atom. The van der Waals surface area contributed by atoms with Gasteiger partial charge in [0.2, 0.25) is 17.6 Å². The lowest BCUT2D eigenvalue weighted by molar-refractivity contribution is -0.118. The average Bonchev–Trinajstić information content (AvgIpc) is 3.44. The van der Waals surface area contributed by atoms with Crippen LogP contribution in [0.2, 0.25) is 0 Å². The van der Waals surface area contributed by atoms with Crippen molar-refractivity contribution in [2.45, 2.75) is 190 Å². The number of amides is 2. The maximum atomic E-state index is 14.7. The number of benzene rings is 1. The number of aliphatic hydroxyl groups excluding tert-OH is 1. The largest absolute Gasteiger partial charge is 0.506 e. The van der Waals surface area contributed by atoms with E-state index >= 15 is 0 Å². The third-order valence-electron chi connectivity index (χ3n) is 13.2. The molecule has 1 aromatic rings. The van der Waals surface area contributed by atoms with Crippen molar-refractivity contribution in [3.05, 3.63) is 63.6 Å². The summed E-state index contributed by atoms with van der Waals surface area (Å²) in [7, 11) is 0. The molecular formula is C48H70N4O4. The number of unbranched alkanes of at least 4 members (excludes halogenated alkanes) is 8. The van der Waals surface area contributed by atoms with E-state index in [0.29, 0.717) is 35.4 Å². The summed E-state index contributed by atoms with van der Waals surface area (Å²) in [6.45, 7) is 26.3. The maximum absolute atomic E-state index is 14.7. The highest BCUT2D eigenvalue weighted by Crippen LogP contribution is 2.53. The van der Waals surface area contributed by atoms with Gasteiger partial charge in [0.15, 0.2) is 0 Å². The van der Waals surface area contributed by atoms with Crippen LogP contribution in [0.1, 0.15) is 171 Å². The summed E-state index contributed by atoms with van der Waals surface area (Å²) in [5, 5.41) is 15.3. The number of hydrogen-bond acceptors (Lipinski definition) is 6. The molecule has 2 aliphatic heterocycles. The lowest BCUT2D eigenvalue weighted by Crippen LogP contribution is -2.42. The van der Waals surface area contributed by atoms with Crippen LogP contribution in [-0.2, 0) is 19.8 Å². The predicted molar refractivity (Wildman–Crippen MR) is 232 cm³/mol. The number of carbonyl (C=O) groups excluding carboxylic acids is 3. The molecule has 0 radical (unpaired) electrons. The van der Waals surface area contributed by atoms with Crippen LogP contribution in [0.5, 0.6) is 0 Å².